The van der Waals surface area contributed by atoms with Crippen molar-refractivity contribution in [3.8, 4) is 18.2 Å². The van der Waals surface area contributed by atoms with Crippen molar-refractivity contribution in [2.24, 2.45) is 0 Å². The minimum Gasteiger partial charge on any atom is -0.367 e. The number of piperidine rings is 3. The maximum Gasteiger partial charge on any atom is 0.162 e. The van der Waals surface area contributed by atoms with E-state index in [-0.39, 0.29) is 89.4 Å². The number of nitrogens with zero attached hydrogens (tertiary/aromatic N) is 12. The standard InChI is InChI=1S/3C19H17ClFN5S/c3*20-17-8-15-18(23-11-24-19(15)27-17)25-14-3-5-26(6-4-14)10-12-1-2-16(21)13(7-12)9-22/h3*1-2,7-8,11,14H,3-6,10H2,(H,23,24,25)/i2D,3D2,4D2,8D,10D2,11D,14D;2D,3D2,4D2,8D,10D,11D,14D;2D,3D2,4D2,8D,10D,14D/hD3. The summed E-state index contributed by atoms with van der Waals surface area (Å²) in [4.78, 5) is 26.3. The fourth-order valence-electron chi connectivity index (χ4n) is 7.19. The molecule has 2 unspecified atom stereocenters. The van der Waals surface area contributed by atoms with Crippen LogP contribution in [0.2, 0.25) is 17.2 Å². The Bertz CT molecular complexity index is 5310. The minimum atomic E-state index is -3.08. The summed E-state index contributed by atoms with van der Waals surface area (Å²) in [5, 5.41) is 27.7. The molecule has 0 bridgehead atoms. The van der Waals surface area contributed by atoms with Gasteiger partial charge < -0.3 is 15.9 Å². The van der Waals surface area contributed by atoms with Crippen LogP contribution in [-0.2, 0) is 19.5 Å². The molecule has 3 N–H and O–H groups in total. The third kappa shape index (κ3) is 14.8. The maximum absolute atomic E-state index is 14.0. The Morgan fingerprint density at radius 2 is 0.901 bits per heavy atom. The number of nitriles is 3. The molecule has 3 saturated heterocycles. The van der Waals surface area contributed by atoms with Crippen LogP contribution in [-0.4, -0.2) is 102 Å². The van der Waals surface area contributed by atoms with Crippen LogP contribution in [0.5, 0.6) is 0 Å². The van der Waals surface area contributed by atoms with Crippen LogP contribution in [0.25, 0.3) is 30.6 Å². The average Bonchev–Trinajstić information content (AvgIpc) is 1.42. The van der Waals surface area contributed by atoms with Gasteiger partial charge in [-0.1, -0.05) is 53.0 Å². The van der Waals surface area contributed by atoms with Gasteiger partial charge in [-0.05, 0) is 109 Å². The number of rotatable bonds is 12. The highest BCUT2D eigenvalue weighted by Gasteiger charge is 2.24. The van der Waals surface area contributed by atoms with Gasteiger partial charge >= 0.3 is 0 Å². The Kier molecular flexibility index (Phi) is 10.3. The molecule has 3 aromatic carbocycles. The first-order valence-electron chi connectivity index (χ1n) is 37.9. The van der Waals surface area contributed by atoms with Crippen molar-refractivity contribution in [1.82, 2.24) is 44.6 Å². The fraction of sp³-hybridized carbons (Fsp3) is 0.316. The first-order valence-corrected chi connectivity index (χ1v) is 26.5. The summed E-state index contributed by atoms with van der Waals surface area (Å²) in [6.07, 6.45) is -17.4. The van der Waals surface area contributed by atoms with Gasteiger partial charge in [0.2, 0.25) is 0 Å². The predicted molar refractivity (Wildman–Crippen MR) is 316 cm³/mol. The van der Waals surface area contributed by atoms with Gasteiger partial charge in [0.1, 0.15) is 89.3 Å². The Balaban J connectivity index is 0.000000177. The van der Waals surface area contributed by atoms with E-state index in [0.29, 0.717) is 10.2 Å². The topological polar surface area (TPSA) is 195 Å². The molecule has 414 valence electrons. The van der Waals surface area contributed by atoms with Crippen LogP contribution in [0.3, 0.4) is 0 Å². The molecule has 3 fully saturated rings. The average molecular weight is 1240 g/mol. The molecule has 0 saturated carbocycles. The number of benzene rings is 3. The van der Waals surface area contributed by atoms with Crippen LogP contribution in [0, 0.1) is 51.4 Å². The van der Waals surface area contributed by atoms with E-state index >= 15 is 0 Å². The van der Waals surface area contributed by atoms with E-state index in [1.807, 2.05) is 0 Å². The molecule has 12 rings (SSSR count). The zero-order chi connectivity index (χ0) is 83.0. The highest BCUT2D eigenvalue weighted by atomic mass is 35.5. The van der Waals surface area contributed by atoms with Crippen LogP contribution in [0.4, 0.5) is 30.6 Å². The van der Waals surface area contributed by atoms with Crippen molar-refractivity contribution in [3.05, 3.63) is 155 Å². The van der Waals surface area contributed by atoms with Crippen molar-refractivity contribution >= 4 is 117 Å². The van der Waals surface area contributed by atoms with E-state index < -0.39 is 197 Å². The first-order chi connectivity index (χ1) is 51.1. The molecule has 3 aliphatic heterocycles. The molecule has 9 heterocycles. The van der Waals surface area contributed by atoms with Crippen molar-refractivity contribution in [3.63, 3.8) is 0 Å². The van der Waals surface area contributed by atoms with Crippen molar-refractivity contribution in [2.45, 2.75) is 75.8 Å². The van der Waals surface area contributed by atoms with E-state index in [2.05, 4.69) is 29.9 Å². The predicted octanol–water partition coefficient (Wildman–Crippen LogP) is 13.3. The van der Waals surface area contributed by atoms with Gasteiger partial charge in [0.05, 0.1) is 58.2 Å². The maximum atomic E-state index is 14.0. The molecule has 15 nitrogen and oxygen atoms in total. The Hall–Kier alpha value is -6.81. The lowest BCUT2D eigenvalue weighted by Gasteiger charge is -2.32. The van der Waals surface area contributed by atoms with Gasteiger partial charge in [-0.15, -0.1) is 34.0 Å². The lowest BCUT2D eigenvalue weighted by molar-refractivity contribution is 0.211. The number of nitrogens with one attached hydrogen (secondary N) is 3. The summed E-state index contributed by atoms with van der Waals surface area (Å²) >= 11 is 20.6. The van der Waals surface area contributed by atoms with Crippen LogP contribution in [0.15, 0.2) is 91.6 Å². The van der Waals surface area contributed by atoms with Crippen molar-refractivity contribution in [1.29, 1.82) is 15.8 Å². The monoisotopic (exact) mass is 1230 g/mol. The Morgan fingerprint density at radius 3 is 1.30 bits per heavy atom. The molecule has 0 amide bonds. The normalized spacial score (nSPS) is 27.0. The minimum absolute atomic E-state index is 0.0140. The van der Waals surface area contributed by atoms with E-state index in [9.17, 15) is 13.2 Å². The first kappa shape index (κ1) is 31.0. The summed E-state index contributed by atoms with van der Waals surface area (Å²) in [5.74, 6) is -4.78. The third-order valence-corrected chi connectivity index (χ3v) is 14.2. The summed E-state index contributed by atoms with van der Waals surface area (Å²) in [5.41, 5.74) is -2.04. The molecule has 0 radical (unpaired) electrons. The summed E-state index contributed by atoms with van der Waals surface area (Å²) in [6.45, 7) is -10.4. The summed E-state index contributed by atoms with van der Waals surface area (Å²) in [7, 11) is 0. The molecule has 2 atom stereocenters. The zero-order valence-corrected chi connectivity index (χ0v) is 45.4. The molecule has 0 spiro atoms. The lowest BCUT2D eigenvalue weighted by Crippen LogP contribution is -2.38. The number of halogens is 6. The highest BCUT2D eigenvalue weighted by Crippen LogP contribution is 2.35. The second-order valence-corrected chi connectivity index (χ2v) is 21.1. The number of thiophene rings is 3. The fourth-order valence-corrected chi connectivity index (χ4v) is 10.1. The highest BCUT2D eigenvalue weighted by molar-refractivity contribution is 7.23. The van der Waals surface area contributed by atoms with Gasteiger partial charge in [-0.3, -0.25) is 14.7 Å². The molecule has 6 aromatic heterocycles. The summed E-state index contributed by atoms with van der Waals surface area (Å²) < 4.78 is 295. The number of anilines is 3. The smallest absolute Gasteiger partial charge is 0.162 e. The molecule has 3 aliphatic rings. The van der Waals surface area contributed by atoms with E-state index in [0.717, 1.165) is 86.5 Å². The van der Waals surface area contributed by atoms with Crippen molar-refractivity contribution < 1.29 is 54.4 Å². The van der Waals surface area contributed by atoms with E-state index in [1.165, 1.54) is 6.07 Å². The lowest BCUT2D eigenvalue weighted by atomic mass is 10.0. The third-order valence-electron chi connectivity index (χ3n) is 10.9. The van der Waals surface area contributed by atoms with Gasteiger partial charge in [0, 0.05) is 98.8 Å². The van der Waals surface area contributed by atoms with Crippen molar-refractivity contribution in [2.75, 3.05) is 55.2 Å². The van der Waals surface area contributed by atoms with Gasteiger partial charge in [0.25, 0.3) is 0 Å². The number of aromatic nitrogens is 6. The number of hydrogen-bond donors (Lipinski definition) is 3. The van der Waals surface area contributed by atoms with Crippen LogP contribution < -0.4 is 15.9 Å². The Labute approximate surface area is 534 Å². The zero-order valence-electron chi connectivity index (χ0n) is 70.6. The molecule has 9 aromatic rings. The van der Waals surface area contributed by atoms with Gasteiger partial charge in [-0.2, -0.15) is 15.8 Å². The molecular formula is C57H51Cl3F3N15S3. The van der Waals surface area contributed by atoms with E-state index in [1.54, 1.807) is 12.1 Å². The quantitative estimate of drug-likeness (QED) is 0.104. The van der Waals surface area contributed by atoms with Gasteiger partial charge in [-0.25, -0.2) is 43.1 Å². The summed E-state index contributed by atoms with van der Waals surface area (Å²) in [6, 6.07) is -1.48. The SMILES string of the molecule is [2H]c1cc(C([2H])N2CC([2H])([2H])C([2H])(N([2H])c3ncnc4sc(Cl)c([2H])c34)C([2H])([2H])C2)cc(C#N)c1F.[2H]c1nc(N([2H])C2([2H])C([2H])([2H])CN(C([2H])([2H])c3cc([2H])c(F)c(C#N)c3)CC2([2H])[2H])c2c([2H])c(Cl)sc2n1.[2H]c1nc(N([2H])C2([2H])C([2H])([2H])CN(C([2H])c3cc([2H])c(F)c(C#N)c3)CC2([2H])[2H])c2c([2H])c(Cl)sc2n1. The number of fused-ring (bicyclic) bond motifs is 3. The number of hydrogen-bond acceptors (Lipinski definition) is 18. The second kappa shape index (κ2) is 26.8. The van der Waals surface area contributed by atoms with Crippen LogP contribution >= 0.6 is 68.8 Å². The van der Waals surface area contributed by atoms with Crippen LogP contribution in [0.1, 0.15) is 109 Å². The number of likely N-dealkylation sites (tertiary alicyclic amines) is 3. The van der Waals surface area contributed by atoms with E-state index in [4.69, 9.17) is 91.8 Å². The second-order valence-electron chi connectivity index (χ2n) is 16.3. The Morgan fingerprint density at radius 1 is 0.556 bits per heavy atom. The molecular weight excluding hydrogens is 1150 g/mol. The molecule has 24 heteroatoms. The molecule has 81 heavy (non-hydrogen) atoms. The van der Waals surface area contributed by atoms with Gasteiger partial charge in [0.15, 0.2) is 4.24 Å². The molecule has 0 aliphatic carbocycles. The largest absolute Gasteiger partial charge is 0.367 e.